The number of hydrogen-bond donors (Lipinski definition) is 0. The van der Waals surface area contributed by atoms with Gasteiger partial charge in [-0.15, -0.1) is 0 Å². The van der Waals surface area contributed by atoms with Gasteiger partial charge in [0.25, 0.3) is 0 Å². The van der Waals surface area contributed by atoms with Crippen molar-refractivity contribution in [2.75, 3.05) is 0 Å². The second kappa shape index (κ2) is 4.50. The summed E-state index contributed by atoms with van der Waals surface area (Å²) in [5.41, 5.74) is 1.88. The fourth-order valence-corrected chi connectivity index (χ4v) is 2.69. The van der Waals surface area contributed by atoms with Gasteiger partial charge in [0.2, 0.25) is 5.60 Å². The van der Waals surface area contributed by atoms with E-state index in [1.165, 1.54) is 0 Å². The lowest BCUT2D eigenvalue weighted by Gasteiger charge is -2.33. The molecule has 0 saturated carbocycles. The van der Waals surface area contributed by atoms with Crippen molar-refractivity contribution in [3.8, 4) is 6.07 Å². The van der Waals surface area contributed by atoms with Gasteiger partial charge in [0, 0.05) is 12.0 Å². The van der Waals surface area contributed by atoms with Crippen LogP contribution in [-0.2, 0) is 16.8 Å². The summed E-state index contributed by atoms with van der Waals surface area (Å²) in [6.45, 7) is 1.92. The van der Waals surface area contributed by atoms with E-state index in [0.29, 0.717) is 12.0 Å². The van der Waals surface area contributed by atoms with Gasteiger partial charge in [0.05, 0.1) is 5.56 Å². The van der Waals surface area contributed by atoms with Crippen LogP contribution in [0.1, 0.15) is 27.0 Å². The first-order valence-electron chi connectivity index (χ1n) is 6.45. The monoisotopic (exact) mass is 263 g/mol. The summed E-state index contributed by atoms with van der Waals surface area (Å²) < 4.78 is 5.52. The second-order valence-corrected chi connectivity index (χ2v) is 4.98. The number of ether oxygens (including phenoxy) is 1. The highest BCUT2D eigenvalue weighted by Gasteiger charge is 2.43. The van der Waals surface area contributed by atoms with Crippen molar-refractivity contribution >= 4 is 5.97 Å². The lowest BCUT2D eigenvalue weighted by atomic mass is 9.82. The van der Waals surface area contributed by atoms with Crippen LogP contribution in [0, 0.1) is 18.3 Å². The van der Waals surface area contributed by atoms with Crippen molar-refractivity contribution in [1.82, 2.24) is 0 Å². The Balaban J connectivity index is 2.16. The topological polar surface area (TPSA) is 50.1 Å². The van der Waals surface area contributed by atoms with Crippen molar-refractivity contribution in [3.05, 3.63) is 70.8 Å². The molecule has 0 unspecified atom stereocenters. The molecule has 1 heterocycles. The smallest absolute Gasteiger partial charge is 0.340 e. The molecule has 0 amide bonds. The fourth-order valence-electron chi connectivity index (χ4n) is 2.69. The molecule has 0 aliphatic carbocycles. The summed E-state index contributed by atoms with van der Waals surface area (Å²) in [7, 11) is 0. The minimum absolute atomic E-state index is 0.385. The van der Waals surface area contributed by atoms with Crippen LogP contribution in [0.3, 0.4) is 0 Å². The number of esters is 1. The van der Waals surface area contributed by atoms with Crippen LogP contribution in [0.15, 0.2) is 48.5 Å². The number of fused-ring (bicyclic) bond motifs is 1. The molecule has 0 bridgehead atoms. The summed E-state index contributed by atoms with van der Waals surface area (Å²) in [6.07, 6.45) is 0.385. The quantitative estimate of drug-likeness (QED) is 0.743. The van der Waals surface area contributed by atoms with Gasteiger partial charge in [-0.2, -0.15) is 5.26 Å². The summed E-state index contributed by atoms with van der Waals surface area (Å²) in [5.74, 6) is -0.434. The molecule has 0 radical (unpaired) electrons. The number of cyclic esters (lactones) is 1. The van der Waals surface area contributed by atoms with Gasteiger partial charge in [0.15, 0.2) is 0 Å². The maximum atomic E-state index is 12.2. The first-order valence-corrected chi connectivity index (χ1v) is 6.45. The van der Waals surface area contributed by atoms with Crippen LogP contribution in [0.5, 0.6) is 0 Å². The molecule has 2 aromatic rings. The van der Waals surface area contributed by atoms with E-state index in [4.69, 9.17) is 4.74 Å². The number of carbonyl (C=O) groups excluding carboxylic acids is 1. The van der Waals surface area contributed by atoms with Gasteiger partial charge in [-0.1, -0.05) is 42.5 Å². The maximum Gasteiger partial charge on any atom is 0.340 e. The van der Waals surface area contributed by atoms with Crippen LogP contribution in [0.25, 0.3) is 0 Å². The number of rotatable bonds is 1. The Morgan fingerprint density at radius 3 is 2.60 bits per heavy atom. The first kappa shape index (κ1) is 12.4. The lowest BCUT2D eigenvalue weighted by molar-refractivity contribution is -0.000827. The van der Waals surface area contributed by atoms with Crippen LogP contribution >= 0.6 is 0 Å². The average molecular weight is 263 g/mol. The van der Waals surface area contributed by atoms with Crippen molar-refractivity contribution in [1.29, 1.82) is 5.26 Å². The number of nitrogens with zero attached hydrogens (tertiary/aromatic N) is 1. The van der Waals surface area contributed by atoms with Gasteiger partial charge in [-0.05, 0) is 24.1 Å². The molecule has 20 heavy (non-hydrogen) atoms. The summed E-state index contributed by atoms with van der Waals surface area (Å²) in [4.78, 5) is 12.2. The Morgan fingerprint density at radius 1 is 1.15 bits per heavy atom. The Morgan fingerprint density at radius 2 is 1.85 bits per heavy atom. The largest absolute Gasteiger partial charge is 0.435 e. The lowest BCUT2D eigenvalue weighted by Crippen LogP contribution is -2.38. The van der Waals surface area contributed by atoms with E-state index >= 15 is 0 Å². The molecule has 1 aliphatic rings. The SMILES string of the molecule is Cc1ccccc1[C@@]1(C#N)Cc2ccccc2C(=O)O1. The molecule has 3 nitrogen and oxygen atoms in total. The molecule has 0 aromatic heterocycles. The third-order valence-electron chi connectivity index (χ3n) is 3.70. The maximum absolute atomic E-state index is 12.2. The molecule has 1 atom stereocenters. The molecule has 0 N–H and O–H groups in total. The summed E-state index contributed by atoms with van der Waals surface area (Å²) >= 11 is 0. The third kappa shape index (κ3) is 1.78. The predicted octanol–water partition coefficient (Wildman–Crippen LogP) is 3.13. The highest BCUT2D eigenvalue weighted by atomic mass is 16.6. The second-order valence-electron chi connectivity index (χ2n) is 4.98. The van der Waals surface area contributed by atoms with E-state index in [-0.39, 0.29) is 0 Å². The molecule has 2 aromatic carbocycles. The van der Waals surface area contributed by atoms with Crippen molar-refractivity contribution in [3.63, 3.8) is 0 Å². The Kier molecular flexibility index (Phi) is 2.80. The number of nitriles is 1. The van der Waals surface area contributed by atoms with Gasteiger partial charge >= 0.3 is 5.97 Å². The average Bonchev–Trinajstić information content (AvgIpc) is 2.47. The van der Waals surface area contributed by atoms with Crippen molar-refractivity contribution in [2.24, 2.45) is 0 Å². The van der Waals surface area contributed by atoms with Gasteiger partial charge in [0.1, 0.15) is 6.07 Å². The highest BCUT2D eigenvalue weighted by Crippen LogP contribution is 2.37. The zero-order valence-electron chi connectivity index (χ0n) is 11.1. The zero-order chi connectivity index (χ0) is 14.2. The molecular formula is C17H13NO2. The molecule has 3 rings (SSSR count). The van der Waals surface area contributed by atoms with E-state index in [1.54, 1.807) is 12.1 Å². The Labute approximate surface area is 117 Å². The molecule has 0 fully saturated rings. The normalized spacial score (nSPS) is 20.7. The first-order chi connectivity index (χ1) is 9.66. The minimum atomic E-state index is -1.23. The zero-order valence-corrected chi connectivity index (χ0v) is 11.1. The van der Waals surface area contributed by atoms with Crippen molar-refractivity contribution < 1.29 is 9.53 Å². The molecule has 0 saturated heterocycles. The number of aryl methyl sites for hydroxylation is 1. The van der Waals surface area contributed by atoms with E-state index in [9.17, 15) is 10.1 Å². The van der Waals surface area contributed by atoms with E-state index in [2.05, 4.69) is 6.07 Å². The summed E-state index contributed by atoms with van der Waals surface area (Å²) in [5, 5.41) is 9.64. The van der Waals surface area contributed by atoms with Crippen LogP contribution in [0.2, 0.25) is 0 Å². The standard InChI is InChI=1S/C17H13NO2/c1-12-6-2-5-9-15(12)17(11-18)10-13-7-3-4-8-14(13)16(19)20-17/h2-9H,10H2,1H3/t17-/m0/s1. The molecule has 3 heteroatoms. The Bertz CT molecular complexity index is 730. The van der Waals surface area contributed by atoms with Crippen LogP contribution < -0.4 is 0 Å². The third-order valence-corrected chi connectivity index (χ3v) is 3.70. The van der Waals surface area contributed by atoms with Gasteiger partial charge in [-0.25, -0.2) is 4.79 Å². The van der Waals surface area contributed by atoms with Crippen LogP contribution in [0.4, 0.5) is 0 Å². The van der Waals surface area contributed by atoms with E-state index in [0.717, 1.165) is 16.7 Å². The number of hydrogen-bond acceptors (Lipinski definition) is 3. The van der Waals surface area contributed by atoms with E-state index in [1.807, 2.05) is 43.3 Å². The molecule has 1 aliphatic heterocycles. The fraction of sp³-hybridized carbons (Fsp3) is 0.176. The van der Waals surface area contributed by atoms with Crippen LogP contribution in [-0.4, -0.2) is 5.97 Å². The Hall–Kier alpha value is -2.60. The summed E-state index contributed by atoms with van der Waals surface area (Å²) in [6, 6.07) is 17.0. The molecule has 0 spiro atoms. The number of benzene rings is 2. The van der Waals surface area contributed by atoms with E-state index < -0.39 is 11.6 Å². The highest BCUT2D eigenvalue weighted by molar-refractivity contribution is 5.93. The number of carbonyl (C=O) groups is 1. The predicted molar refractivity (Wildman–Crippen MR) is 74.0 cm³/mol. The van der Waals surface area contributed by atoms with Gasteiger partial charge in [-0.3, -0.25) is 0 Å². The van der Waals surface area contributed by atoms with Crippen molar-refractivity contribution in [2.45, 2.75) is 18.9 Å². The molecule has 98 valence electrons. The van der Waals surface area contributed by atoms with Gasteiger partial charge < -0.3 is 4.74 Å². The minimum Gasteiger partial charge on any atom is -0.435 e. The molecular weight excluding hydrogens is 250 g/mol.